The van der Waals surface area contributed by atoms with Crippen molar-refractivity contribution >= 4 is 7.37 Å². The van der Waals surface area contributed by atoms with Gasteiger partial charge in [0.2, 0.25) is 7.37 Å². The maximum Gasteiger partial charge on any atom is 0.232 e. The second-order valence-corrected chi connectivity index (χ2v) is 7.31. The van der Waals surface area contributed by atoms with Gasteiger partial charge >= 0.3 is 0 Å². The SMILES string of the molecule is COc1ccc([C@H](O)P(=O)(O)CCc2ccccc2)cc1. The van der Waals surface area contributed by atoms with E-state index in [9.17, 15) is 14.6 Å². The molecule has 0 radical (unpaired) electrons. The van der Waals surface area contributed by atoms with Crippen LogP contribution in [0.2, 0.25) is 0 Å². The molecule has 0 aliphatic carbocycles. The minimum absolute atomic E-state index is 0.0458. The standard InChI is InChI=1S/C16H19O4P/c1-20-15-9-7-14(8-10-15)16(17)21(18,19)12-11-13-5-3-2-4-6-13/h2-10,16-17H,11-12H2,1H3,(H,18,19)/t16-/m1/s1. The zero-order valence-corrected chi connectivity index (χ0v) is 12.7. The quantitative estimate of drug-likeness (QED) is 0.804. The highest BCUT2D eigenvalue weighted by molar-refractivity contribution is 7.58. The molecule has 0 heterocycles. The molecule has 0 spiro atoms. The number of aliphatic hydroxyl groups is 1. The van der Waals surface area contributed by atoms with Crippen molar-refractivity contribution < 1.29 is 19.3 Å². The van der Waals surface area contributed by atoms with E-state index in [0.29, 0.717) is 17.7 Å². The molecule has 2 rings (SSSR count). The number of aryl methyl sites for hydroxylation is 1. The zero-order chi connectivity index (χ0) is 15.3. The van der Waals surface area contributed by atoms with Crippen LogP contribution >= 0.6 is 7.37 Å². The average molecular weight is 306 g/mol. The highest BCUT2D eigenvalue weighted by Crippen LogP contribution is 2.54. The van der Waals surface area contributed by atoms with Crippen molar-refractivity contribution in [1.82, 2.24) is 0 Å². The molecule has 4 nitrogen and oxygen atoms in total. The number of ether oxygens (including phenoxy) is 1. The van der Waals surface area contributed by atoms with Crippen LogP contribution in [0.1, 0.15) is 17.0 Å². The number of benzene rings is 2. The molecule has 0 saturated carbocycles. The molecule has 0 aliphatic heterocycles. The first-order valence-electron chi connectivity index (χ1n) is 6.70. The van der Waals surface area contributed by atoms with Crippen LogP contribution in [-0.2, 0) is 11.0 Å². The van der Waals surface area contributed by atoms with Gasteiger partial charge in [0.05, 0.1) is 7.11 Å². The van der Waals surface area contributed by atoms with E-state index in [0.717, 1.165) is 5.56 Å². The second-order valence-electron chi connectivity index (χ2n) is 4.86. The van der Waals surface area contributed by atoms with Crippen LogP contribution in [0.25, 0.3) is 0 Å². The van der Waals surface area contributed by atoms with E-state index in [-0.39, 0.29) is 6.16 Å². The number of hydrogen-bond acceptors (Lipinski definition) is 3. The molecule has 2 atom stereocenters. The lowest BCUT2D eigenvalue weighted by Crippen LogP contribution is -2.04. The highest BCUT2D eigenvalue weighted by atomic mass is 31.2. The first-order valence-corrected chi connectivity index (χ1v) is 8.62. The fraction of sp³-hybridized carbons (Fsp3) is 0.250. The Morgan fingerprint density at radius 2 is 1.71 bits per heavy atom. The van der Waals surface area contributed by atoms with Gasteiger partial charge in [0.15, 0.2) is 5.85 Å². The molecular formula is C16H19O4P. The largest absolute Gasteiger partial charge is 0.497 e. The molecular weight excluding hydrogens is 287 g/mol. The van der Waals surface area contributed by atoms with Gasteiger partial charge in [-0.1, -0.05) is 42.5 Å². The van der Waals surface area contributed by atoms with E-state index in [4.69, 9.17) is 4.74 Å². The van der Waals surface area contributed by atoms with Crippen LogP contribution in [0.5, 0.6) is 5.75 Å². The Bertz CT molecular complexity index is 610. The summed E-state index contributed by atoms with van der Waals surface area (Å²) in [7, 11) is -2.14. The van der Waals surface area contributed by atoms with Gasteiger partial charge in [-0.15, -0.1) is 0 Å². The molecule has 5 heteroatoms. The Morgan fingerprint density at radius 1 is 1.10 bits per heavy atom. The topological polar surface area (TPSA) is 66.8 Å². The van der Waals surface area contributed by atoms with Crippen molar-refractivity contribution in [1.29, 1.82) is 0 Å². The van der Waals surface area contributed by atoms with Gasteiger partial charge in [0.1, 0.15) is 5.75 Å². The van der Waals surface area contributed by atoms with Crippen LogP contribution in [0.15, 0.2) is 54.6 Å². The maximum absolute atomic E-state index is 12.3. The molecule has 0 aromatic heterocycles. The molecule has 112 valence electrons. The van der Waals surface area contributed by atoms with Crippen molar-refractivity contribution in [2.24, 2.45) is 0 Å². The van der Waals surface area contributed by atoms with Gasteiger partial charge in [0.25, 0.3) is 0 Å². The van der Waals surface area contributed by atoms with Gasteiger partial charge in [-0.05, 0) is 29.7 Å². The predicted molar refractivity (Wildman–Crippen MR) is 82.8 cm³/mol. The molecule has 2 aromatic rings. The summed E-state index contributed by atoms with van der Waals surface area (Å²) in [6.07, 6.45) is 0.506. The molecule has 21 heavy (non-hydrogen) atoms. The third-order valence-corrected chi connectivity index (χ3v) is 5.29. The molecule has 0 bridgehead atoms. The van der Waals surface area contributed by atoms with Crippen molar-refractivity contribution in [2.75, 3.05) is 13.3 Å². The summed E-state index contributed by atoms with van der Waals surface area (Å²) in [6.45, 7) is 0. The average Bonchev–Trinajstić information content (AvgIpc) is 2.53. The summed E-state index contributed by atoms with van der Waals surface area (Å²) < 4.78 is 17.3. The van der Waals surface area contributed by atoms with Gasteiger partial charge in [-0.3, -0.25) is 4.57 Å². The van der Waals surface area contributed by atoms with Crippen molar-refractivity contribution in [3.05, 3.63) is 65.7 Å². The van der Waals surface area contributed by atoms with E-state index in [1.807, 2.05) is 30.3 Å². The van der Waals surface area contributed by atoms with E-state index in [1.54, 1.807) is 31.4 Å². The van der Waals surface area contributed by atoms with Gasteiger partial charge in [-0.2, -0.15) is 0 Å². The molecule has 2 aromatic carbocycles. The zero-order valence-electron chi connectivity index (χ0n) is 11.8. The molecule has 1 unspecified atom stereocenters. The van der Waals surface area contributed by atoms with Crippen molar-refractivity contribution in [3.63, 3.8) is 0 Å². The van der Waals surface area contributed by atoms with Crippen molar-refractivity contribution in [2.45, 2.75) is 12.3 Å². The fourth-order valence-corrected chi connectivity index (χ4v) is 3.53. The smallest absolute Gasteiger partial charge is 0.232 e. The third-order valence-electron chi connectivity index (χ3n) is 3.36. The van der Waals surface area contributed by atoms with Gasteiger partial charge < -0.3 is 14.7 Å². The van der Waals surface area contributed by atoms with Crippen LogP contribution in [-0.4, -0.2) is 23.3 Å². The maximum atomic E-state index is 12.3. The van der Waals surface area contributed by atoms with Crippen LogP contribution in [0, 0.1) is 0 Å². The predicted octanol–water partition coefficient (Wildman–Crippen LogP) is 3.20. The first-order chi connectivity index (χ1) is 10.0. The Balaban J connectivity index is 2.05. The van der Waals surface area contributed by atoms with Gasteiger partial charge in [-0.25, -0.2) is 0 Å². The number of aliphatic hydroxyl groups excluding tert-OH is 1. The summed E-state index contributed by atoms with van der Waals surface area (Å²) >= 11 is 0. The van der Waals surface area contributed by atoms with E-state index in [1.165, 1.54) is 0 Å². The minimum Gasteiger partial charge on any atom is -0.497 e. The first kappa shape index (κ1) is 15.8. The third kappa shape index (κ3) is 4.18. The normalized spacial score (nSPS) is 15.2. The number of hydrogen-bond donors (Lipinski definition) is 2. The van der Waals surface area contributed by atoms with E-state index >= 15 is 0 Å². The van der Waals surface area contributed by atoms with E-state index < -0.39 is 13.2 Å². The summed E-state index contributed by atoms with van der Waals surface area (Å²) in [4.78, 5) is 10.1. The van der Waals surface area contributed by atoms with Crippen LogP contribution in [0.4, 0.5) is 0 Å². The Kier molecular flexibility index (Phi) is 5.18. The highest BCUT2D eigenvalue weighted by Gasteiger charge is 2.30. The van der Waals surface area contributed by atoms with Crippen LogP contribution < -0.4 is 4.74 Å². The van der Waals surface area contributed by atoms with Gasteiger partial charge in [0, 0.05) is 6.16 Å². The summed E-state index contributed by atoms with van der Waals surface area (Å²) in [5, 5.41) is 10.1. The molecule has 0 saturated heterocycles. The lowest BCUT2D eigenvalue weighted by Gasteiger charge is -2.19. The fourth-order valence-electron chi connectivity index (χ4n) is 2.07. The molecule has 2 N–H and O–H groups in total. The Labute approximate surface area is 124 Å². The van der Waals surface area contributed by atoms with Crippen molar-refractivity contribution in [3.8, 4) is 5.75 Å². The lowest BCUT2D eigenvalue weighted by molar-refractivity contribution is 0.234. The number of methoxy groups -OCH3 is 1. The lowest BCUT2D eigenvalue weighted by atomic mass is 10.2. The Morgan fingerprint density at radius 3 is 2.29 bits per heavy atom. The Hall–Kier alpha value is -1.61. The summed E-state index contributed by atoms with van der Waals surface area (Å²) in [5.74, 6) is -0.727. The monoisotopic (exact) mass is 306 g/mol. The summed E-state index contributed by atoms with van der Waals surface area (Å²) in [6, 6.07) is 16.0. The number of rotatable bonds is 6. The molecule has 0 fully saturated rings. The van der Waals surface area contributed by atoms with Crippen LogP contribution in [0.3, 0.4) is 0 Å². The van der Waals surface area contributed by atoms with E-state index in [2.05, 4.69) is 0 Å². The second kappa shape index (κ2) is 6.90. The minimum atomic E-state index is -3.68. The molecule has 0 aliphatic rings. The molecule has 0 amide bonds. The summed E-state index contributed by atoms with van der Waals surface area (Å²) in [5.41, 5.74) is 1.41.